The molecule has 1 N–H and O–H groups in total. The summed E-state index contributed by atoms with van der Waals surface area (Å²) in [6, 6.07) is 4.16. The second-order valence-corrected chi connectivity index (χ2v) is 7.90. The summed E-state index contributed by atoms with van der Waals surface area (Å²) in [6.45, 7) is 5.35. The molecule has 1 aliphatic carbocycles. The quantitative estimate of drug-likeness (QED) is 0.732. The highest BCUT2D eigenvalue weighted by Crippen LogP contribution is 2.28. The standard InChI is InChI=1S/C17H23N5O3S/c1-12(15(23)18-13-4-5-13)26-17-20-19-16(21-6-9-24-10-7-21)22(17)11-14-3-2-8-25-14/h2-3,8,12-13H,4-7,9-11H2,1H3,(H,18,23). The maximum Gasteiger partial charge on any atom is 0.233 e. The lowest BCUT2D eigenvalue weighted by molar-refractivity contribution is -0.120. The first kappa shape index (κ1) is 17.4. The predicted molar refractivity (Wildman–Crippen MR) is 97.3 cm³/mol. The summed E-state index contributed by atoms with van der Waals surface area (Å²) in [5.74, 6) is 1.68. The zero-order chi connectivity index (χ0) is 17.9. The van der Waals surface area contributed by atoms with E-state index in [0.29, 0.717) is 25.8 Å². The van der Waals surface area contributed by atoms with Gasteiger partial charge in [-0.3, -0.25) is 9.36 Å². The number of nitrogens with one attached hydrogen (secondary N) is 1. The van der Waals surface area contributed by atoms with Crippen LogP contribution in [0.4, 0.5) is 5.95 Å². The monoisotopic (exact) mass is 377 g/mol. The van der Waals surface area contributed by atoms with Crippen molar-refractivity contribution in [1.82, 2.24) is 20.1 Å². The SMILES string of the molecule is CC(Sc1nnc(N2CCOCC2)n1Cc1ccco1)C(=O)NC1CC1. The van der Waals surface area contributed by atoms with Crippen molar-refractivity contribution in [2.75, 3.05) is 31.2 Å². The second kappa shape index (κ2) is 7.71. The average Bonchev–Trinajstić information content (AvgIpc) is 3.16. The number of ether oxygens (including phenoxy) is 1. The Morgan fingerprint density at radius 3 is 2.88 bits per heavy atom. The third-order valence-corrected chi connectivity index (χ3v) is 5.54. The van der Waals surface area contributed by atoms with E-state index < -0.39 is 0 Å². The van der Waals surface area contributed by atoms with Crippen LogP contribution in [0.3, 0.4) is 0 Å². The summed E-state index contributed by atoms with van der Waals surface area (Å²) in [7, 11) is 0. The van der Waals surface area contributed by atoms with Crippen LogP contribution in [0.5, 0.6) is 0 Å². The number of hydrogen-bond donors (Lipinski definition) is 1. The molecule has 0 spiro atoms. The van der Waals surface area contributed by atoms with Crippen LogP contribution < -0.4 is 10.2 Å². The Morgan fingerprint density at radius 2 is 2.19 bits per heavy atom. The molecule has 26 heavy (non-hydrogen) atoms. The predicted octanol–water partition coefficient (Wildman–Crippen LogP) is 1.52. The van der Waals surface area contributed by atoms with Gasteiger partial charge in [0.1, 0.15) is 5.76 Å². The molecule has 1 amide bonds. The van der Waals surface area contributed by atoms with Gasteiger partial charge in [-0.15, -0.1) is 10.2 Å². The number of anilines is 1. The molecule has 1 aliphatic heterocycles. The van der Waals surface area contributed by atoms with Crippen LogP contribution in [0.15, 0.2) is 28.0 Å². The Hall–Kier alpha value is -2.00. The van der Waals surface area contributed by atoms with E-state index in [1.165, 1.54) is 11.8 Å². The molecular weight excluding hydrogens is 354 g/mol. The van der Waals surface area contributed by atoms with Crippen LogP contribution >= 0.6 is 11.8 Å². The molecule has 2 aromatic rings. The molecule has 2 aromatic heterocycles. The van der Waals surface area contributed by atoms with Gasteiger partial charge in [-0.1, -0.05) is 11.8 Å². The fraction of sp³-hybridized carbons (Fsp3) is 0.588. The minimum absolute atomic E-state index is 0.0537. The van der Waals surface area contributed by atoms with Crippen molar-refractivity contribution in [2.24, 2.45) is 0 Å². The summed E-state index contributed by atoms with van der Waals surface area (Å²) >= 11 is 1.43. The number of hydrogen-bond acceptors (Lipinski definition) is 7. The fourth-order valence-electron chi connectivity index (χ4n) is 2.82. The zero-order valence-corrected chi connectivity index (χ0v) is 15.6. The number of carbonyl (C=O) groups excluding carboxylic acids is 1. The van der Waals surface area contributed by atoms with Gasteiger partial charge in [0.05, 0.1) is 31.3 Å². The Morgan fingerprint density at radius 1 is 1.38 bits per heavy atom. The van der Waals surface area contributed by atoms with Crippen LogP contribution in [0, 0.1) is 0 Å². The molecule has 2 aliphatic rings. The van der Waals surface area contributed by atoms with Crippen LogP contribution in [0.1, 0.15) is 25.5 Å². The van der Waals surface area contributed by atoms with Gasteiger partial charge in [0.25, 0.3) is 0 Å². The highest BCUT2D eigenvalue weighted by atomic mass is 32.2. The van der Waals surface area contributed by atoms with Crippen LogP contribution in [0.2, 0.25) is 0 Å². The van der Waals surface area contributed by atoms with E-state index in [2.05, 4.69) is 20.4 Å². The van der Waals surface area contributed by atoms with Crippen molar-refractivity contribution >= 4 is 23.6 Å². The number of thioether (sulfide) groups is 1. The number of furan rings is 1. The van der Waals surface area contributed by atoms with Crippen molar-refractivity contribution in [3.8, 4) is 0 Å². The number of morpholine rings is 1. The van der Waals surface area contributed by atoms with Crippen molar-refractivity contribution in [3.05, 3.63) is 24.2 Å². The Kier molecular flexibility index (Phi) is 5.16. The lowest BCUT2D eigenvalue weighted by atomic mass is 10.4. The largest absolute Gasteiger partial charge is 0.467 e. The average molecular weight is 377 g/mol. The van der Waals surface area contributed by atoms with Crippen molar-refractivity contribution in [3.63, 3.8) is 0 Å². The fourth-order valence-corrected chi connectivity index (χ4v) is 3.67. The van der Waals surface area contributed by atoms with E-state index >= 15 is 0 Å². The maximum atomic E-state index is 12.3. The normalized spacial score (nSPS) is 18.7. The van der Waals surface area contributed by atoms with Crippen LogP contribution in [-0.4, -0.2) is 58.3 Å². The summed E-state index contributed by atoms with van der Waals surface area (Å²) in [5, 5.41) is 12.3. The third-order valence-electron chi connectivity index (χ3n) is 4.46. The maximum absolute atomic E-state index is 12.3. The van der Waals surface area contributed by atoms with Crippen molar-refractivity contribution in [2.45, 2.75) is 42.8 Å². The van der Waals surface area contributed by atoms with Gasteiger partial charge in [-0.2, -0.15) is 0 Å². The number of rotatable bonds is 7. The number of nitrogens with zero attached hydrogens (tertiary/aromatic N) is 4. The van der Waals surface area contributed by atoms with E-state index in [1.807, 2.05) is 23.6 Å². The van der Waals surface area contributed by atoms with Crippen molar-refractivity contribution < 1.29 is 13.9 Å². The van der Waals surface area contributed by atoms with E-state index in [-0.39, 0.29) is 11.2 Å². The molecule has 1 atom stereocenters. The lowest BCUT2D eigenvalue weighted by Gasteiger charge is -2.27. The van der Waals surface area contributed by atoms with E-state index in [1.54, 1.807) is 6.26 Å². The molecule has 140 valence electrons. The first-order chi connectivity index (χ1) is 12.7. The van der Waals surface area contributed by atoms with E-state index in [9.17, 15) is 4.79 Å². The molecule has 0 bridgehead atoms. The molecule has 1 unspecified atom stereocenters. The first-order valence-corrected chi connectivity index (χ1v) is 9.84. The minimum Gasteiger partial charge on any atom is -0.467 e. The smallest absolute Gasteiger partial charge is 0.233 e. The molecule has 9 heteroatoms. The summed E-state index contributed by atoms with van der Waals surface area (Å²) in [6.07, 6.45) is 3.82. The summed E-state index contributed by atoms with van der Waals surface area (Å²) in [4.78, 5) is 14.5. The Labute approximate surface area is 156 Å². The summed E-state index contributed by atoms with van der Waals surface area (Å²) in [5.41, 5.74) is 0. The molecule has 8 nitrogen and oxygen atoms in total. The van der Waals surface area contributed by atoms with Crippen molar-refractivity contribution in [1.29, 1.82) is 0 Å². The molecule has 0 aromatic carbocycles. The highest BCUT2D eigenvalue weighted by Gasteiger charge is 2.28. The number of aromatic nitrogens is 3. The number of carbonyl (C=O) groups is 1. The molecule has 0 radical (unpaired) electrons. The molecule has 1 saturated carbocycles. The van der Waals surface area contributed by atoms with Gasteiger partial charge in [0.2, 0.25) is 11.9 Å². The molecule has 2 fully saturated rings. The lowest BCUT2D eigenvalue weighted by Crippen LogP contribution is -2.38. The Bertz CT molecular complexity index is 738. The Balaban J connectivity index is 1.54. The topological polar surface area (TPSA) is 85.4 Å². The van der Waals surface area contributed by atoms with Gasteiger partial charge in [-0.05, 0) is 31.9 Å². The van der Waals surface area contributed by atoms with E-state index in [4.69, 9.17) is 9.15 Å². The van der Waals surface area contributed by atoms with Gasteiger partial charge in [0.15, 0.2) is 5.16 Å². The molecular formula is C17H23N5O3S. The van der Waals surface area contributed by atoms with Gasteiger partial charge in [-0.25, -0.2) is 0 Å². The van der Waals surface area contributed by atoms with Crippen LogP contribution in [0.25, 0.3) is 0 Å². The van der Waals surface area contributed by atoms with Crippen LogP contribution in [-0.2, 0) is 16.1 Å². The molecule has 4 rings (SSSR count). The highest BCUT2D eigenvalue weighted by molar-refractivity contribution is 8.00. The van der Waals surface area contributed by atoms with Gasteiger partial charge >= 0.3 is 0 Å². The molecule has 1 saturated heterocycles. The molecule has 3 heterocycles. The van der Waals surface area contributed by atoms with Gasteiger partial charge < -0.3 is 19.4 Å². The minimum atomic E-state index is -0.229. The first-order valence-electron chi connectivity index (χ1n) is 8.96. The summed E-state index contributed by atoms with van der Waals surface area (Å²) < 4.78 is 13.0. The number of amides is 1. The zero-order valence-electron chi connectivity index (χ0n) is 14.8. The third kappa shape index (κ3) is 4.04. The second-order valence-electron chi connectivity index (χ2n) is 6.59. The van der Waals surface area contributed by atoms with Gasteiger partial charge in [0, 0.05) is 19.1 Å². The van der Waals surface area contributed by atoms with E-state index in [0.717, 1.165) is 42.8 Å².